The summed E-state index contributed by atoms with van der Waals surface area (Å²) in [6.07, 6.45) is 3.68. The van der Waals surface area contributed by atoms with Crippen LogP contribution in [0.25, 0.3) is 11.4 Å². The number of nitrogens with one attached hydrogen (secondary N) is 1. The van der Waals surface area contributed by atoms with E-state index in [-0.39, 0.29) is 46.5 Å². The second-order valence-corrected chi connectivity index (χ2v) is 11.2. The highest BCUT2D eigenvalue weighted by molar-refractivity contribution is 7.90. The number of nitrogens with zero attached hydrogens (tertiary/aromatic N) is 6. The molecule has 0 bridgehead atoms. The van der Waals surface area contributed by atoms with Gasteiger partial charge in [0.2, 0.25) is 5.95 Å². The summed E-state index contributed by atoms with van der Waals surface area (Å²) in [4.78, 5) is 29.4. The first-order valence-electron chi connectivity index (χ1n) is 11.6. The fourth-order valence-corrected chi connectivity index (χ4v) is 5.18. The molecule has 0 aliphatic carbocycles. The third-order valence-electron chi connectivity index (χ3n) is 6.14. The van der Waals surface area contributed by atoms with E-state index < -0.39 is 15.7 Å². The third kappa shape index (κ3) is 6.08. The van der Waals surface area contributed by atoms with Gasteiger partial charge in [0.05, 0.1) is 28.5 Å². The van der Waals surface area contributed by atoms with Crippen LogP contribution in [0.15, 0.2) is 35.5 Å². The van der Waals surface area contributed by atoms with Crippen molar-refractivity contribution in [3.8, 4) is 11.4 Å². The SMILES string of the molecule is Cc1ncc(-c2nc(Nc3ccc(C(=O)N4CCN(C)CC4)c(S(C)(=O)=O)c3)ncc2F)n1C(C)C.Cl. The van der Waals surface area contributed by atoms with Gasteiger partial charge >= 0.3 is 0 Å². The van der Waals surface area contributed by atoms with Crippen LogP contribution in [0.5, 0.6) is 0 Å². The van der Waals surface area contributed by atoms with E-state index in [2.05, 4.69) is 25.2 Å². The minimum atomic E-state index is -3.72. The molecule has 37 heavy (non-hydrogen) atoms. The average molecular weight is 552 g/mol. The van der Waals surface area contributed by atoms with Crippen LogP contribution in [-0.2, 0) is 9.84 Å². The Morgan fingerprint density at radius 3 is 2.41 bits per heavy atom. The summed E-state index contributed by atoms with van der Waals surface area (Å²) in [6.45, 7) is 8.26. The second-order valence-electron chi connectivity index (χ2n) is 9.25. The number of hydrogen-bond acceptors (Lipinski definition) is 8. The number of aryl methyl sites for hydroxylation is 1. The zero-order chi connectivity index (χ0) is 26.2. The van der Waals surface area contributed by atoms with Gasteiger partial charge in [0, 0.05) is 44.2 Å². The first kappa shape index (κ1) is 28.5. The summed E-state index contributed by atoms with van der Waals surface area (Å²) in [5.74, 6) is -0.121. The highest BCUT2D eigenvalue weighted by atomic mass is 35.5. The van der Waals surface area contributed by atoms with Gasteiger partial charge in [0.15, 0.2) is 15.7 Å². The Labute approximate surface area is 222 Å². The highest BCUT2D eigenvalue weighted by Crippen LogP contribution is 2.28. The van der Waals surface area contributed by atoms with E-state index in [4.69, 9.17) is 0 Å². The van der Waals surface area contributed by atoms with Crippen LogP contribution in [0.3, 0.4) is 0 Å². The summed E-state index contributed by atoms with van der Waals surface area (Å²) in [5.41, 5.74) is 1.06. The van der Waals surface area contributed by atoms with Crippen LogP contribution in [0.1, 0.15) is 36.1 Å². The molecule has 4 rings (SSSR count). The smallest absolute Gasteiger partial charge is 0.255 e. The lowest BCUT2D eigenvalue weighted by atomic mass is 10.1. The fourth-order valence-electron chi connectivity index (χ4n) is 4.28. The number of aromatic nitrogens is 4. The number of carbonyl (C=O) groups is 1. The molecule has 0 unspecified atom stereocenters. The highest BCUT2D eigenvalue weighted by Gasteiger charge is 2.26. The average Bonchev–Trinajstić information content (AvgIpc) is 3.21. The lowest BCUT2D eigenvalue weighted by Crippen LogP contribution is -2.47. The summed E-state index contributed by atoms with van der Waals surface area (Å²) >= 11 is 0. The molecule has 1 amide bonds. The number of carbonyl (C=O) groups excluding carboxylic acids is 1. The van der Waals surface area contributed by atoms with Gasteiger partial charge in [-0.2, -0.15) is 0 Å². The van der Waals surface area contributed by atoms with Crippen molar-refractivity contribution in [2.75, 3.05) is 44.8 Å². The van der Waals surface area contributed by atoms with E-state index in [9.17, 15) is 17.6 Å². The maximum absolute atomic E-state index is 14.7. The number of benzene rings is 1. The Balaban J connectivity index is 0.00000380. The molecule has 10 nitrogen and oxygen atoms in total. The number of likely N-dealkylation sites (N-methyl/N-ethyl adjacent to an activating group) is 1. The van der Waals surface area contributed by atoms with Crippen molar-refractivity contribution in [3.05, 3.63) is 47.8 Å². The Kier molecular flexibility index (Phi) is 8.56. The number of anilines is 2. The number of sulfone groups is 1. The van der Waals surface area contributed by atoms with Gasteiger partial charge in [-0.25, -0.2) is 27.8 Å². The zero-order valence-corrected chi connectivity index (χ0v) is 23.0. The van der Waals surface area contributed by atoms with E-state index in [1.54, 1.807) is 17.2 Å². The number of imidazole rings is 1. The molecular formula is C24H31ClFN7O3S. The normalized spacial score (nSPS) is 14.5. The van der Waals surface area contributed by atoms with E-state index >= 15 is 0 Å². The summed E-state index contributed by atoms with van der Waals surface area (Å²) in [7, 11) is -1.75. The van der Waals surface area contributed by atoms with Crippen molar-refractivity contribution in [2.24, 2.45) is 0 Å². The Hall–Kier alpha value is -3.09. The molecule has 1 aliphatic heterocycles. The predicted molar refractivity (Wildman–Crippen MR) is 142 cm³/mol. The first-order chi connectivity index (χ1) is 17.0. The third-order valence-corrected chi connectivity index (χ3v) is 7.28. The Bertz CT molecular complexity index is 1400. The standard InChI is InChI=1S/C24H30FN7O3S.ClH/c1-15(2)32-16(3)26-14-20(32)22-19(25)13-27-24(29-22)28-17-6-7-18(21(12-17)36(5,34)35)23(33)31-10-8-30(4)9-11-31;/h6-7,12-15H,8-11H2,1-5H3,(H,27,28,29);1H. The van der Waals surface area contributed by atoms with Crippen LogP contribution in [0.2, 0.25) is 0 Å². The molecule has 1 fully saturated rings. The molecule has 0 atom stereocenters. The summed E-state index contributed by atoms with van der Waals surface area (Å²) in [6, 6.07) is 4.50. The van der Waals surface area contributed by atoms with E-state index in [1.807, 2.05) is 32.4 Å². The molecule has 2 aromatic heterocycles. The van der Waals surface area contributed by atoms with Gasteiger partial charge in [0.1, 0.15) is 11.5 Å². The minimum Gasteiger partial charge on any atom is -0.336 e. The van der Waals surface area contributed by atoms with Gasteiger partial charge in [-0.3, -0.25) is 4.79 Å². The first-order valence-corrected chi connectivity index (χ1v) is 13.5. The molecule has 1 aliphatic rings. The van der Waals surface area contributed by atoms with Crippen molar-refractivity contribution < 1.29 is 17.6 Å². The fraction of sp³-hybridized carbons (Fsp3) is 0.417. The number of rotatable bonds is 6. The van der Waals surface area contributed by atoms with Crippen LogP contribution in [0, 0.1) is 12.7 Å². The van der Waals surface area contributed by atoms with Crippen LogP contribution < -0.4 is 5.32 Å². The monoisotopic (exact) mass is 551 g/mol. The molecule has 0 saturated carbocycles. The molecule has 1 aromatic carbocycles. The largest absolute Gasteiger partial charge is 0.336 e. The maximum atomic E-state index is 14.7. The molecule has 1 saturated heterocycles. The molecule has 13 heteroatoms. The van der Waals surface area contributed by atoms with Crippen molar-refractivity contribution in [1.29, 1.82) is 0 Å². The van der Waals surface area contributed by atoms with Gasteiger partial charge < -0.3 is 19.7 Å². The van der Waals surface area contributed by atoms with Crippen LogP contribution >= 0.6 is 12.4 Å². The van der Waals surface area contributed by atoms with Gasteiger partial charge in [0.25, 0.3) is 5.91 Å². The number of amides is 1. The van der Waals surface area contributed by atoms with E-state index in [0.717, 1.165) is 31.4 Å². The molecular weight excluding hydrogens is 521 g/mol. The lowest BCUT2D eigenvalue weighted by Gasteiger charge is -2.32. The van der Waals surface area contributed by atoms with Crippen molar-refractivity contribution in [1.82, 2.24) is 29.3 Å². The summed E-state index contributed by atoms with van der Waals surface area (Å²) < 4.78 is 41.7. The quantitative estimate of drug-likeness (QED) is 0.496. The van der Waals surface area contributed by atoms with E-state index in [0.29, 0.717) is 24.5 Å². The van der Waals surface area contributed by atoms with Gasteiger partial charge in [-0.1, -0.05) is 0 Å². The van der Waals surface area contributed by atoms with Crippen LogP contribution in [0.4, 0.5) is 16.0 Å². The maximum Gasteiger partial charge on any atom is 0.255 e. The number of piperazine rings is 1. The van der Waals surface area contributed by atoms with Gasteiger partial charge in [-0.05, 0) is 46.0 Å². The molecule has 3 heterocycles. The van der Waals surface area contributed by atoms with Crippen LogP contribution in [-0.4, -0.2) is 83.1 Å². The lowest BCUT2D eigenvalue weighted by molar-refractivity contribution is 0.0660. The predicted octanol–water partition coefficient (Wildman–Crippen LogP) is 3.33. The topological polar surface area (TPSA) is 113 Å². The molecule has 1 N–H and O–H groups in total. The molecule has 0 radical (unpaired) electrons. The molecule has 200 valence electrons. The van der Waals surface area contributed by atoms with Gasteiger partial charge in [-0.15, -0.1) is 12.4 Å². The second kappa shape index (κ2) is 11.1. The Morgan fingerprint density at radius 1 is 1.11 bits per heavy atom. The zero-order valence-electron chi connectivity index (χ0n) is 21.4. The molecule has 3 aromatic rings. The van der Waals surface area contributed by atoms with Crippen molar-refractivity contribution in [3.63, 3.8) is 0 Å². The Morgan fingerprint density at radius 2 is 1.78 bits per heavy atom. The van der Waals surface area contributed by atoms with E-state index in [1.165, 1.54) is 12.1 Å². The van der Waals surface area contributed by atoms with Crippen molar-refractivity contribution in [2.45, 2.75) is 31.7 Å². The van der Waals surface area contributed by atoms with Crippen molar-refractivity contribution >= 4 is 39.8 Å². The molecule has 0 spiro atoms. The summed E-state index contributed by atoms with van der Waals surface area (Å²) in [5, 5.41) is 2.95. The minimum absolute atomic E-state index is 0. The number of hydrogen-bond donors (Lipinski definition) is 1. The number of halogens is 2.